The quantitative estimate of drug-likeness (QED) is 0.600. The Morgan fingerprint density at radius 1 is 1.25 bits per heavy atom. The van der Waals surface area contributed by atoms with Crippen molar-refractivity contribution < 1.29 is 9.53 Å². The van der Waals surface area contributed by atoms with Crippen molar-refractivity contribution in [3.05, 3.63) is 83.4 Å². The molecule has 0 radical (unpaired) electrons. The van der Waals surface area contributed by atoms with E-state index in [-0.39, 0.29) is 11.9 Å². The summed E-state index contributed by atoms with van der Waals surface area (Å²) >= 11 is 5.92. The van der Waals surface area contributed by atoms with Crippen molar-refractivity contribution in [3.8, 4) is 0 Å². The Kier molecular flexibility index (Phi) is 6.18. The van der Waals surface area contributed by atoms with Crippen molar-refractivity contribution in [3.63, 3.8) is 0 Å². The Bertz CT molecular complexity index is 685. The summed E-state index contributed by atoms with van der Waals surface area (Å²) in [5, 5.41) is 4.03. The molecule has 0 aromatic heterocycles. The zero-order valence-corrected chi connectivity index (χ0v) is 14.7. The molecule has 0 aliphatic rings. The van der Waals surface area contributed by atoms with E-state index in [4.69, 9.17) is 16.3 Å². The summed E-state index contributed by atoms with van der Waals surface area (Å²) in [6.07, 6.45) is 1.78. The molecule has 1 N–H and O–H groups in total. The van der Waals surface area contributed by atoms with E-state index < -0.39 is 5.54 Å². The van der Waals surface area contributed by atoms with E-state index in [2.05, 4.69) is 11.9 Å². The molecule has 0 fully saturated rings. The predicted octanol–water partition coefficient (Wildman–Crippen LogP) is 4.33. The predicted molar refractivity (Wildman–Crippen MR) is 98.1 cm³/mol. The second-order valence-corrected chi connectivity index (χ2v) is 6.23. The summed E-state index contributed by atoms with van der Waals surface area (Å²) in [6, 6.07) is 17.3. The van der Waals surface area contributed by atoms with Crippen LogP contribution >= 0.6 is 11.6 Å². The molecule has 0 saturated heterocycles. The molecule has 24 heavy (non-hydrogen) atoms. The summed E-state index contributed by atoms with van der Waals surface area (Å²) in [6.45, 7) is 6.28. The largest absolute Gasteiger partial charge is 0.468 e. The van der Waals surface area contributed by atoms with Crippen LogP contribution in [0.4, 0.5) is 0 Å². The SMILES string of the molecule is C=C[C@@H](c1ccccc1)[C@@](C)(NCc1ccc(Cl)cc1)C(=O)OC. The highest BCUT2D eigenvalue weighted by atomic mass is 35.5. The molecular weight excluding hydrogens is 322 g/mol. The van der Waals surface area contributed by atoms with Crippen molar-refractivity contribution >= 4 is 17.6 Å². The first-order valence-electron chi connectivity index (χ1n) is 7.76. The van der Waals surface area contributed by atoms with Gasteiger partial charge < -0.3 is 4.74 Å². The van der Waals surface area contributed by atoms with Gasteiger partial charge in [0.15, 0.2) is 0 Å². The van der Waals surface area contributed by atoms with Gasteiger partial charge in [0, 0.05) is 17.5 Å². The maximum atomic E-state index is 12.5. The third-order valence-corrected chi connectivity index (χ3v) is 4.45. The number of carbonyl (C=O) groups excluding carboxylic acids is 1. The monoisotopic (exact) mass is 343 g/mol. The fraction of sp³-hybridized carbons (Fsp3) is 0.250. The van der Waals surface area contributed by atoms with Gasteiger partial charge in [-0.1, -0.05) is 60.1 Å². The lowest BCUT2D eigenvalue weighted by Crippen LogP contribution is -2.53. The number of halogens is 1. The number of nitrogens with one attached hydrogen (secondary N) is 1. The number of rotatable bonds is 7. The summed E-state index contributed by atoms with van der Waals surface area (Å²) in [5.41, 5.74) is 1.10. The molecule has 0 amide bonds. The standard InChI is InChI=1S/C20H22ClNO2/c1-4-18(16-8-6-5-7-9-16)20(2,19(23)24-3)22-14-15-10-12-17(21)13-11-15/h4-13,18,22H,1,14H2,2-3H3/t18-,20+/m0/s1. The van der Waals surface area contributed by atoms with Crippen LogP contribution in [0.1, 0.15) is 24.0 Å². The number of ether oxygens (including phenoxy) is 1. The van der Waals surface area contributed by atoms with E-state index in [9.17, 15) is 4.79 Å². The maximum absolute atomic E-state index is 12.5. The van der Waals surface area contributed by atoms with Crippen LogP contribution in [-0.2, 0) is 16.1 Å². The van der Waals surface area contributed by atoms with Crippen LogP contribution in [0.15, 0.2) is 67.3 Å². The summed E-state index contributed by atoms with van der Waals surface area (Å²) < 4.78 is 5.06. The molecule has 0 spiro atoms. The number of hydrogen-bond acceptors (Lipinski definition) is 3. The van der Waals surface area contributed by atoms with E-state index in [0.717, 1.165) is 11.1 Å². The van der Waals surface area contributed by atoms with Crippen LogP contribution in [0.2, 0.25) is 5.02 Å². The van der Waals surface area contributed by atoms with Gasteiger partial charge in [0.25, 0.3) is 0 Å². The van der Waals surface area contributed by atoms with E-state index in [1.54, 1.807) is 6.08 Å². The van der Waals surface area contributed by atoms with Crippen LogP contribution in [0, 0.1) is 0 Å². The minimum atomic E-state index is -0.933. The van der Waals surface area contributed by atoms with Gasteiger partial charge in [-0.05, 0) is 30.2 Å². The lowest BCUT2D eigenvalue weighted by molar-refractivity contribution is -0.148. The fourth-order valence-electron chi connectivity index (χ4n) is 2.77. The van der Waals surface area contributed by atoms with Crippen molar-refractivity contribution in [1.29, 1.82) is 0 Å². The summed E-state index contributed by atoms with van der Waals surface area (Å²) in [7, 11) is 1.40. The van der Waals surface area contributed by atoms with Gasteiger partial charge in [0.1, 0.15) is 5.54 Å². The highest BCUT2D eigenvalue weighted by Crippen LogP contribution is 2.31. The van der Waals surface area contributed by atoms with Crippen molar-refractivity contribution in [1.82, 2.24) is 5.32 Å². The smallest absolute Gasteiger partial charge is 0.326 e. The van der Waals surface area contributed by atoms with Gasteiger partial charge in [-0.25, -0.2) is 0 Å². The first kappa shape index (κ1) is 18.2. The van der Waals surface area contributed by atoms with E-state index in [1.807, 2.05) is 61.5 Å². The zero-order valence-electron chi connectivity index (χ0n) is 14.0. The van der Waals surface area contributed by atoms with Gasteiger partial charge in [0.2, 0.25) is 0 Å². The van der Waals surface area contributed by atoms with Crippen molar-refractivity contribution in [2.45, 2.75) is 24.9 Å². The first-order valence-corrected chi connectivity index (χ1v) is 8.14. The zero-order chi connectivity index (χ0) is 17.6. The Morgan fingerprint density at radius 3 is 2.42 bits per heavy atom. The topological polar surface area (TPSA) is 38.3 Å². The molecule has 0 bridgehead atoms. The van der Waals surface area contributed by atoms with Crippen LogP contribution in [0.5, 0.6) is 0 Å². The fourth-order valence-corrected chi connectivity index (χ4v) is 2.90. The minimum absolute atomic E-state index is 0.224. The highest BCUT2D eigenvalue weighted by Gasteiger charge is 2.41. The van der Waals surface area contributed by atoms with Gasteiger partial charge >= 0.3 is 5.97 Å². The number of benzene rings is 2. The molecule has 2 atom stereocenters. The molecule has 0 aliphatic heterocycles. The van der Waals surface area contributed by atoms with Gasteiger partial charge in [-0.2, -0.15) is 0 Å². The minimum Gasteiger partial charge on any atom is -0.468 e. The Hall–Kier alpha value is -2.10. The Morgan fingerprint density at radius 2 is 1.88 bits per heavy atom. The van der Waals surface area contributed by atoms with Gasteiger partial charge in [-0.3, -0.25) is 10.1 Å². The van der Waals surface area contributed by atoms with Crippen molar-refractivity contribution in [2.24, 2.45) is 0 Å². The number of methoxy groups -OCH3 is 1. The summed E-state index contributed by atoms with van der Waals surface area (Å²) in [5.74, 6) is -0.552. The molecule has 3 nitrogen and oxygen atoms in total. The Labute approximate surface area is 148 Å². The molecule has 2 aromatic rings. The van der Waals surface area contributed by atoms with Crippen LogP contribution in [-0.4, -0.2) is 18.6 Å². The summed E-state index contributed by atoms with van der Waals surface area (Å²) in [4.78, 5) is 12.5. The molecule has 4 heteroatoms. The van der Waals surface area contributed by atoms with Gasteiger partial charge in [0.05, 0.1) is 7.11 Å². The second kappa shape index (κ2) is 8.13. The van der Waals surface area contributed by atoms with E-state index in [0.29, 0.717) is 11.6 Å². The van der Waals surface area contributed by atoms with Crippen LogP contribution in [0.25, 0.3) is 0 Å². The molecule has 0 heterocycles. The Balaban J connectivity index is 2.29. The van der Waals surface area contributed by atoms with E-state index in [1.165, 1.54) is 7.11 Å². The third kappa shape index (κ3) is 4.05. The number of esters is 1. The molecule has 2 aromatic carbocycles. The van der Waals surface area contributed by atoms with Crippen molar-refractivity contribution in [2.75, 3.05) is 7.11 Å². The second-order valence-electron chi connectivity index (χ2n) is 5.80. The average molecular weight is 344 g/mol. The average Bonchev–Trinajstić information content (AvgIpc) is 2.62. The highest BCUT2D eigenvalue weighted by molar-refractivity contribution is 6.30. The molecule has 0 aliphatic carbocycles. The lowest BCUT2D eigenvalue weighted by Gasteiger charge is -2.35. The number of carbonyl (C=O) groups is 1. The molecule has 126 valence electrons. The third-order valence-electron chi connectivity index (χ3n) is 4.20. The molecule has 2 rings (SSSR count). The maximum Gasteiger partial charge on any atom is 0.326 e. The van der Waals surface area contributed by atoms with Crippen LogP contribution < -0.4 is 5.32 Å². The molecule has 0 saturated carbocycles. The van der Waals surface area contributed by atoms with Gasteiger partial charge in [-0.15, -0.1) is 6.58 Å². The molecule has 0 unspecified atom stereocenters. The van der Waals surface area contributed by atoms with E-state index >= 15 is 0 Å². The van der Waals surface area contributed by atoms with Crippen LogP contribution in [0.3, 0.4) is 0 Å². The lowest BCUT2D eigenvalue weighted by atomic mass is 9.80. The number of hydrogen-bond donors (Lipinski definition) is 1. The first-order chi connectivity index (χ1) is 11.5. The normalized spacial score (nSPS) is 14.5. The molecular formula is C20H22ClNO2.